The summed E-state index contributed by atoms with van der Waals surface area (Å²) in [5.74, 6) is 1.35. The molecule has 31 heavy (non-hydrogen) atoms. The molecule has 0 bridgehead atoms. The lowest BCUT2D eigenvalue weighted by Gasteiger charge is -2.08. The van der Waals surface area contributed by atoms with Gasteiger partial charge < -0.3 is 14.3 Å². The topological polar surface area (TPSA) is 132 Å². The maximum absolute atomic E-state index is 12.8. The van der Waals surface area contributed by atoms with Gasteiger partial charge in [0.25, 0.3) is 11.5 Å². The van der Waals surface area contributed by atoms with Crippen LogP contribution in [0.1, 0.15) is 54.0 Å². The number of hydrogen-bond donors (Lipinski definition) is 2. The van der Waals surface area contributed by atoms with Crippen LogP contribution >= 0.6 is 0 Å². The Morgan fingerprint density at radius 1 is 1.29 bits per heavy atom. The number of amides is 1. The fraction of sp³-hybridized carbons (Fsp3) is 0.286. The van der Waals surface area contributed by atoms with Crippen molar-refractivity contribution in [3.05, 3.63) is 64.0 Å². The van der Waals surface area contributed by atoms with E-state index in [9.17, 15) is 9.59 Å². The van der Waals surface area contributed by atoms with Crippen LogP contribution in [0.3, 0.4) is 0 Å². The maximum atomic E-state index is 12.8. The van der Waals surface area contributed by atoms with Crippen LogP contribution < -0.4 is 10.9 Å². The SMILES string of the molecule is CCCc1cc(=O)[nH]c(-n2nc(C3CC3)cc2NC(=O)c2cc(-c3ccco3)on2)n1. The molecule has 10 heteroatoms. The molecule has 4 heterocycles. The van der Waals surface area contributed by atoms with E-state index in [1.54, 1.807) is 18.2 Å². The number of aromatic amines is 1. The van der Waals surface area contributed by atoms with Crippen molar-refractivity contribution in [2.75, 3.05) is 5.32 Å². The number of carbonyl (C=O) groups excluding carboxylic acids is 1. The summed E-state index contributed by atoms with van der Waals surface area (Å²) < 4.78 is 11.9. The fourth-order valence-corrected chi connectivity index (χ4v) is 3.30. The molecule has 158 valence electrons. The van der Waals surface area contributed by atoms with Crippen molar-refractivity contribution in [3.63, 3.8) is 0 Å². The zero-order valence-corrected chi connectivity index (χ0v) is 16.8. The van der Waals surface area contributed by atoms with Crippen molar-refractivity contribution in [3.8, 4) is 17.5 Å². The zero-order valence-electron chi connectivity index (χ0n) is 16.8. The Hall–Kier alpha value is -3.95. The third-order valence-electron chi connectivity index (χ3n) is 4.96. The first-order valence-electron chi connectivity index (χ1n) is 10.1. The highest BCUT2D eigenvalue weighted by Gasteiger charge is 2.29. The number of H-pyrrole nitrogens is 1. The normalized spacial score (nSPS) is 13.5. The minimum Gasteiger partial charge on any atom is -0.461 e. The van der Waals surface area contributed by atoms with Gasteiger partial charge in [0.15, 0.2) is 11.5 Å². The Kier molecular flexibility index (Phi) is 4.73. The molecule has 1 aliphatic carbocycles. The number of carbonyl (C=O) groups is 1. The summed E-state index contributed by atoms with van der Waals surface area (Å²) in [4.78, 5) is 32.2. The number of aromatic nitrogens is 5. The molecule has 0 spiro atoms. The molecule has 4 aromatic rings. The van der Waals surface area contributed by atoms with Crippen LogP contribution in [-0.4, -0.2) is 30.8 Å². The molecule has 1 saturated carbocycles. The molecule has 0 atom stereocenters. The van der Waals surface area contributed by atoms with Crippen molar-refractivity contribution >= 4 is 11.7 Å². The number of hydrogen-bond acceptors (Lipinski definition) is 7. The number of aryl methyl sites for hydroxylation is 1. The van der Waals surface area contributed by atoms with Gasteiger partial charge in [-0.3, -0.25) is 14.6 Å². The number of nitrogens with zero attached hydrogens (tertiary/aromatic N) is 4. The molecule has 1 fully saturated rings. The standard InChI is InChI=1S/C21H20N6O4/c1-2-4-13-9-19(28)24-21(22-13)27-18(11-14(25-27)12-6-7-12)23-20(29)15-10-17(31-26-15)16-5-3-8-30-16/h3,5,8-12H,2,4,6-7H2,1H3,(H,23,29)(H,22,24,28). The van der Waals surface area contributed by atoms with Gasteiger partial charge in [-0.2, -0.15) is 9.78 Å². The smallest absolute Gasteiger partial charge is 0.279 e. The molecule has 10 nitrogen and oxygen atoms in total. The summed E-state index contributed by atoms with van der Waals surface area (Å²) in [6.07, 6.45) is 5.12. The van der Waals surface area contributed by atoms with Gasteiger partial charge in [-0.1, -0.05) is 18.5 Å². The van der Waals surface area contributed by atoms with Gasteiger partial charge in [0, 0.05) is 29.8 Å². The molecule has 0 unspecified atom stereocenters. The molecular weight excluding hydrogens is 400 g/mol. The van der Waals surface area contributed by atoms with Crippen molar-refractivity contribution in [1.82, 2.24) is 24.9 Å². The Balaban J connectivity index is 1.47. The molecule has 0 radical (unpaired) electrons. The second kappa shape index (κ2) is 7.71. The first-order chi connectivity index (χ1) is 15.1. The predicted octanol–water partition coefficient (Wildman–Crippen LogP) is 3.29. The quantitative estimate of drug-likeness (QED) is 0.469. The van der Waals surface area contributed by atoms with Gasteiger partial charge in [-0.05, 0) is 31.4 Å². The number of rotatable bonds is 7. The maximum Gasteiger partial charge on any atom is 0.279 e. The second-order valence-electron chi connectivity index (χ2n) is 7.46. The molecule has 0 saturated heterocycles. The average molecular weight is 420 g/mol. The van der Waals surface area contributed by atoms with Gasteiger partial charge in [0.05, 0.1) is 12.0 Å². The van der Waals surface area contributed by atoms with E-state index in [1.165, 1.54) is 23.1 Å². The highest BCUT2D eigenvalue weighted by atomic mass is 16.5. The molecule has 0 aromatic carbocycles. The van der Waals surface area contributed by atoms with Crippen LogP contribution in [0.25, 0.3) is 17.5 Å². The van der Waals surface area contributed by atoms with Gasteiger partial charge in [0.2, 0.25) is 11.7 Å². The average Bonchev–Trinajstić information content (AvgIpc) is 3.14. The van der Waals surface area contributed by atoms with E-state index >= 15 is 0 Å². The first-order valence-corrected chi connectivity index (χ1v) is 10.1. The van der Waals surface area contributed by atoms with Gasteiger partial charge in [-0.25, -0.2) is 4.98 Å². The molecule has 4 aromatic heterocycles. The van der Waals surface area contributed by atoms with E-state index in [1.807, 2.05) is 6.92 Å². The van der Waals surface area contributed by atoms with Crippen LogP contribution in [0.15, 0.2) is 50.3 Å². The number of anilines is 1. The Morgan fingerprint density at radius 2 is 2.16 bits per heavy atom. The first kappa shape index (κ1) is 19.0. The monoisotopic (exact) mass is 420 g/mol. The Morgan fingerprint density at radius 3 is 2.90 bits per heavy atom. The molecule has 5 rings (SSSR count). The summed E-state index contributed by atoms with van der Waals surface area (Å²) in [5.41, 5.74) is 1.33. The largest absolute Gasteiger partial charge is 0.461 e. The van der Waals surface area contributed by atoms with Crippen LogP contribution in [0.2, 0.25) is 0 Å². The summed E-state index contributed by atoms with van der Waals surface area (Å²) >= 11 is 0. The Labute approximate surface area is 176 Å². The molecule has 0 aliphatic heterocycles. The predicted molar refractivity (Wildman–Crippen MR) is 110 cm³/mol. The third-order valence-corrected chi connectivity index (χ3v) is 4.96. The molecule has 1 amide bonds. The summed E-state index contributed by atoms with van der Waals surface area (Å²) in [6.45, 7) is 2.02. The summed E-state index contributed by atoms with van der Waals surface area (Å²) in [7, 11) is 0. The van der Waals surface area contributed by atoms with Gasteiger partial charge in [0.1, 0.15) is 5.82 Å². The highest BCUT2D eigenvalue weighted by Crippen LogP contribution is 2.40. The lowest BCUT2D eigenvalue weighted by molar-refractivity contribution is 0.101. The van der Waals surface area contributed by atoms with Crippen LogP contribution in [0, 0.1) is 0 Å². The minimum absolute atomic E-state index is 0.0910. The van der Waals surface area contributed by atoms with E-state index in [0.717, 1.165) is 25.0 Å². The summed E-state index contributed by atoms with van der Waals surface area (Å²) in [5, 5.41) is 11.2. The molecule has 1 aliphatic rings. The number of furan rings is 1. The fourth-order valence-electron chi connectivity index (χ4n) is 3.30. The van der Waals surface area contributed by atoms with Crippen molar-refractivity contribution in [2.45, 2.75) is 38.5 Å². The van der Waals surface area contributed by atoms with E-state index in [2.05, 4.69) is 25.5 Å². The zero-order chi connectivity index (χ0) is 21.4. The number of nitrogens with one attached hydrogen (secondary N) is 2. The van der Waals surface area contributed by atoms with Gasteiger partial charge in [-0.15, -0.1) is 0 Å². The van der Waals surface area contributed by atoms with Gasteiger partial charge >= 0.3 is 0 Å². The van der Waals surface area contributed by atoms with E-state index in [-0.39, 0.29) is 17.2 Å². The lowest BCUT2D eigenvalue weighted by Crippen LogP contribution is -2.19. The van der Waals surface area contributed by atoms with E-state index in [4.69, 9.17) is 8.94 Å². The van der Waals surface area contributed by atoms with Crippen LogP contribution in [0.5, 0.6) is 0 Å². The van der Waals surface area contributed by atoms with Crippen molar-refractivity contribution < 1.29 is 13.7 Å². The Bertz CT molecular complexity index is 1280. The highest BCUT2D eigenvalue weighted by molar-refractivity contribution is 6.02. The van der Waals surface area contributed by atoms with E-state index in [0.29, 0.717) is 35.4 Å². The lowest BCUT2D eigenvalue weighted by atomic mass is 10.2. The van der Waals surface area contributed by atoms with E-state index < -0.39 is 5.91 Å². The van der Waals surface area contributed by atoms with Crippen molar-refractivity contribution in [1.29, 1.82) is 0 Å². The summed E-state index contributed by atoms with van der Waals surface area (Å²) in [6, 6.07) is 8.21. The van der Waals surface area contributed by atoms with Crippen LogP contribution in [-0.2, 0) is 6.42 Å². The minimum atomic E-state index is -0.475. The van der Waals surface area contributed by atoms with Crippen molar-refractivity contribution in [2.24, 2.45) is 0 Å². The molecule has 2 N–H and O–H groups in total. The third kappa shape index (κ3) is 3.91. The molecular formula is C21H20N6O4. The second-order valence-corrected chi connectivity index (χ2v) is 7.46. The van der Waals surface area contributed by atoms with Crippen LogP contribution in [0.4, 0.5) is 5.82 Å².